The van der Waals surface area contributed by atoms with Crippen LogP contribution in [0.1, 0.15) is 13.8 Å². The quantitative estimate of drug-likeness (QED) is 0.657. The van der Waals surface area contributed by atoms with E-state index in [1.54, 1.807) is 6.19 Å². The standard InChI is InChI=1S/C7H15N3OS/c1-7(2)9-4-5-12(3,11)10-6-8/h7,9H,4-5H2,1-3H3. The molecule has 1 atom stereocenters. The van der Waals surface area contributed by atoms with E-state index in [2.05, 4.69) is 9.68 Å². The number of nitriles is 1. The molecule has 0 amide bonds. The SMILES string of the molecule is CC(C)NCCS(C)(=O)=NC#N. The van der Waals surface area contributed by atoms with E-state index in [1.807, 2.05) is 13.8 Å². The summed E-state index contributed by atoms with van der Waals surface area (Å²) < 4.78 is 14.7. The fourth-order valence-corrected chi connectivity index (χ4v) is 1.43. The zero-order chi connectivity index (χ0) is 9.61. The van der Waals surface area contributed by atoms with Crippen LogP contribution in [0, 0.1) is 11.5 Å². The van der Waals surface area contributed by atoms with Crippen molar-refractivity contribution in [3.05, 3.63) is 0 Å². The van der Waals surface area contributed by atoms with Gasteiger partial charge in [0.05, 0.1) is 9.73 Å². The van der Waals surface area contributed by atoms with Crippen molar-refractivity contribution in [2.45, 2.75) is 19.9 Å². The summed E-state index contributed by atoms with van der Waals surface area (Å²) in [5, 5.41) is 11.3. The molecule has 0 saturated carbocycles. The highest BCUT2D eigenvalue weighted by molar-refractivity contribution is 7.93. The number of nitrogens with zero attached hydrogens (tertiary/aromatic N) is 2. The summed E-state index contributed by atoms with van der Waals surface area (Å²) in [7, 11) is -2.28. The van der Waals surface area contributed by atoms with Crippen LogP contribution < -0.4 is 5.32 Å². The molecule has 0 heterocycles. The van der Waals surface area contributed by atoms with Crippen LogP contribution in [0.4, 0.5) is 0 Å². The number of nitrogens with one attached hydrogen (secondary N) is 1. The third-order valence-electron chi connectivity index (χ3n) is 1.27. The molecule has 70 valence electrons. The van der Waals surface area contributed by atoms with Gasteiger partial charge in [0.25, 0.3) is 0 Å². The minimum absolute atomic E-state index is 0.377. The summed E-state index contributed by atoms with van der Waals surface area (Å²) in [6.45, 7) is 4.66. The first kappa shape index (κ1) is 11.4. The first-order valence-electron chi connectivity index (χ1n) is 3.79. The van der Waals surface area contributed by atoms with E-state index in [0.717, 1.165) is 0 Å². The Morgan fingerprint density at radius 2 is 2.25 bits per heavy atom. The predicted octanol–water partition coefficient (Wildman–Crippen LogP) is 0.563. The molecule has 0 bridgehead atoms. The monoisotopic (exact) mass is 189 g/mol. The zero-order valence-electron chi connectivity index (χ0n) is 7.70. The van der Waals surface area contributed by atoms with Crippen LogP contribution in [-0.2, 0) is 9.73 Å². The van der Waals surface area contributed by atoms with Crippen molar-refractivity contribution < 1.29 is 4.21 Å². The second-order valence-electron chi connectivity index (χ2n) is 2.96. The number of rotatable bonds is 4. The number of hydrogen-bond acceptors (Lipinski definition) is 4. The molecule has 1 N–H and O–H groups in total. The third kappa shape index (κ3) is 6.13. The second kappa shape index (κ2) is 5.12. The Hall–Kier alpha value is -0.600. The molecule has 0 aliphatic rings. The molecule has 1 unspecified atom stereocenters. The Labute approximate surface area is 74.1 Å². The summed E-state index contributed by atoms with van der Waals surface area (Å²) in [6, 6.07) is 0.377. The van der Waals surface area contributed by atoms with Gasteiger partial charge in [-0.25, -0.2) is 4.21 Å². The molecule has 0 fully saturated rings. The fourth-order valence-electron chi connectivity index (χ4n) is 0.669. The minimum Gasteiger partial charge on any atom is -0.314 e. The predicted molar refractivity (Wildman–Crippen MR) is 50.1 cm³/mol. The van der Waals surface area contributed by atoms with E-state index < -0.39 is 9.73 Å². The van der Waals surface area contributed by atoms with E-state index in [4.69, 9.17) is 5.26 Å². The maximum absolute atomic E-state index is 11.3. The first-order chi connectivity index (χ1) is 5.48. The van der Waals surface area contributed by atoms with Crippen LogP contribution in [0.3, 0.4) is 0 Å². The molecule has 5 heteroatoms. The molecule has 0 aromatic rings. The topological polar surface area (TPSA) is 65.2 Å². The van der Waals surface area contributed by atoms with Crippen LogP contribution in [0.5, 0.6) is 0 Å². The van der Waals surface area contributed by atoms with Gasteiger partial charge in [0.2, 0.25) is 6.19 Å². The highest BCUT2D eigenvalue weighted by atomic mass is 32.2. The fraction of sp³-hybridized carbons (Fsp3) is 0.857. The summed E-state index contributed by atoms with van der Waals surface area (Å²) in [5.74, 6) is 0.429. The van der Waals surface area contributed by atoms with E-state index in [0.29, 0.717) is 18.3 Å². The Kier molecular flexibility index (Phi) is 4.86. The van der Waals surface area contributed by atoms with E-state index in [-0.39, 0.29) is 0 Å². The summed E-state index contributed by atoms with van der Waals surface area (Å²) in [5.41, 5.74) is 0. The van der Waals surface area contributed by atoms with E-state index in [9.17, 15) is 4.21 Å². The molecular weight excluding hydrogens is 174 g/mol. The van der Waals surface area contributed by atoms with Crippen molar-refractivity contribution in [1.82, 2.24) is 5.32 Å². The van der Waals surface area contributed by atoms with Gasteiger partial charge in [0.1, 0.15) is 0 Å². The molecule has 0 saturated heterocycles. The average Bonchev–Trinajstić information content (AvgIpc) is 1.85. The van der Waals surface area contributed by atoms with Crippen molar-refractivity contribution in [3.8, 4) is 6.19 Å². The summed E-state index contributed by atoms with van der Waals surface area (Å²) >= 11 is 0. The first-order valence-corrected chi connectivity index (χ1v) is 5.88. The molecule has 0 aromatic heterocycles. The summed E-state index contributed by atoms with van der Waals surface area (Å²) in [4.78, 5) is 0. The van der Waals surface area contributed by atoms with Gasteiger partial charge in [-0.15, -0.1) is 4.36 Å². The van der Waals surface area contributed by atoms with Crippen molar-refractivity contribution in [1.29, 1.82) is 5.26 Å². The van der Waals surface area contributed by atoms with Gasteiger partial charge in [-0.3, -0.25) is 0 Å². The van der Waals surface area contributed by atoms with Crippen molar-refractivity contribution in [2.75, 3.05) is 18.6 Å². The maximum Gasteiger partial charge on any atom is 0.214 e. The Morgan fingerprint density at radius 3 is 2.67 bits per heavy atom. The lowest BCUT2D eigenvalue weighted by atomic mass is 10.4. The Balaban J connectivity index is 3.88. The molecule has 0 aliphatic heterocycles. The lowest BCUT2D eigenvalue weighted by molar-refractivity contribution is 0.609. The summed E-state index contributed by atoms with van der Waals surface area (Å²) in [6.07, 6.45) is 3.07. The van der Waals surface area contributed by atoms with Gasteiger partial charge in [-0.05, 0) is 0 Å². The van der Waals surface area contributed by atoms with Crippen molar-refractivity contribution >= 4 is 9.73 Å². The zero-order valence-corrected chi connectivity index (χ0v) is 8.52. The Bertz CT molecular complexity index is 271. The van der Waals surface area contributed by atoms with Crippen LogP contribution in [-0.4, -0.2) is 28.8 Å². The van der Waals surface area contributed by atoms with Crippen molar-refractivity contribution in [2.24, 2.45) is 4.36 Å². The van der Waals surface area contributed by atoms with Crippen LogP contribution in [0.2, 0.25) is 0 Å². The molecule has 0 aliphatic carbocycles. The van der Waals surface area contributed by atoms with Gasteiger partial charge in [-0.1, -0.05) is 13.8 Å². The van der Waals surface area contributed by atoms with Gasteiger partial charge >= 0.3 is 0 Å². The molecule has 4 nitrogen and oxygen atoms in total. The van der Waals surface area contributed by atoms with Crippen LogP contribution in [0.15, 0.2) is 4.36 Å². The lowest BCUT2D eigenvalue weighted by Crippen LogP contribution is -2.28. The second-order valence-corrected chi connectivity index (χ2v) is 5.47. The third-order valence-corrected chi connectivity index (χ3v) is 2.70. The minimum atomic E-state index is -2.28. The Morgan fingerprint density at radius 1 is 1.67 bits per heavy atom. The smallest absolute Gasteiger partial charge is 0.214 e. The molecule has 0 spiro atoms. The molecule has 0 radical (unpaired) electrons. The van der Waals surface area contributed by atoms with E-state index in [1.165, 1.54) is 6.26 Å². The van der Waals surface area contributed by atoms with Crippen LogP contribution >= 0.6 is 0 Å². The molecule has 0 aromatic carbocycles. The number of hydrogen-bond donors (Lipinski definition) is 1. The highest BCUT2D eigenvalue weighted by Crippen LogP contribution is 1.89. The van der Waals surface area contributed by atoms with Crippen LogP contribution in [0.25, 0.3) is 0 Å². The molecule has 0 rings (SSSR count). The average molecular weight is 189 g/mol. The molecule has 12 heavy (non-hydrogen) atoms. The highest BCUT2D eigenvalue weighted by Gasteiger charge is 2.00. The van der Waals surface area contributed by atoms with E-state index >= 15 is 0 Å². The van der Waals surface area contributed by atoms with Gasteiger partial charge in [0.15, 0.2) is 0 Å². The van der Waals surface area contributed by atoms with Gasteiger partial charge in [-0.2, -0.15) is 5.26 Å². The normalized spacial score (nSPS) is 15.2. The maximum atomic E-state index is 11.3. The van der Waals surface area contributed by atoms with Gasteiger partial charge in [0, 0.05) is 24.6 Å². The lowest BCUT2D eigenvalue weighted by Gasteiger charge is -2.07. The van der Waals surface area contributed by atoms with Crippen molar-refractivity contribution in [3.63, 3.8) is 0 Å². The van der Waals surface area contributed by atoms with Gasteiger partial charge < -0.3 is 5.32 Å². The largest absolute Gasteiger partial charge is 0.314 e. The molecular formula is C7H15N3OS.